The topological polar surface area (TPSA) is 91.2 Å². The summed E-state index contributed by atoms with van der Waals surface area (Å²) in [7, 11) is 0. The van der Waals surface area contributed by atoms with E-state index in [2.05, 4.69) is 10.3 Å². The third-order valence-electron chi connectivity index (χ3n) is 5.42. The number of aromatic hydroxyl groups is 1. The van der Waals surface area contributed by atoms with Gasteiger partial charge in [-0.1, -0.05) is 24.3 Å². The van der Waals surface area contributed by atoms with Crippen molar-refractivity contribution in [1.29, 1.82) is 0 Å². The molecular weight excluding hydrogens is 370 g/mol. The number of nitrogens with one attached hydrogen (secondary N) is 1. The minimum absolute atomic E-state index is 0.0370. The average molecular weight is 389 g/mol. The Balaban J connectivity index is 1.51. The summed E-state index contributed by atoms with van der Waals surface area (Å²) in [5.74, 6) is -0.614. The second-order valence-corrected chi connectivity index (χ2v) is 7.18. The number of carbonyl (C=O) groups excluding carboxylic acids is 2. The quantitative estimate of drug-likeness (QED) is 0.766. The average Bonchev–Trinajstić information content (AvgIpc) is 3.30. The molecule has 7 heteroatoms. The number of fused-ring (bicyclic) bond motifs is 2. The second kappa shape index (κ2) is 6.86. The van der Waals surface area contributed by atoms with Crippen LogP contribution >= 0.6 is 0 Å². The van der Waals surface area contributed by atoms with Gasteiger partial charge < -0.3 is 20.1 Å². The maximum atomic E-state index is 13.0. The smallest absolute Gasteiger partial charge is 0.261 e. The van der Waals surface area contributed by atoms with Gasteiger partial charge in [-0.05, 0) is 17.7 Å². The zero-order valence-corrected chi connectivity index (χ0v) is 15.6. The lowest BCUT2D eigenvalue weighted by Gasteiger charge is -2.28. The Morgan fingerprint density at radius 3 is 2.76 bits per heavy atom. The molecule has 0 atom stereocenters. The second-order valence-electron chi connectivity index (χ2n) is 7.18. The predicted molar refractivity (Wildman–Crippen MR) is 107 cm³/mol. The van der Waals surface area contributed by atoms with Crippen LogP contribution in [0.3, 0.4) is 0 Å². The normalized spacial score (nSPS) is 19.0. The highest BCUT2D eigenvalue weighted by Gasteiger charge is 2.35. The Hall–Kier alpha value is -3.45. The molecule has 0 unspecified atom stereocenters. The van der Waals surface area contributed by atoms with Crippen LogP contribution in [0.25, 0.3) is 0 Å². The van der Waals surface area contributed by atoms with E-state index in [0.717, 1.165) is 11.1 Å². The molecule has 7 nitrogen and oxygen atoms in total. The van der Waals surface area contributed by atoms with E-state index < -0.39 is 0 Å². The first-order chi connectivity index (χ1) is 14.1. The number of amides is 1. The van der Waals surface area contributed by atoms with Gasteiger partial charge >= 0.3 is 0 Å². The van der Waals surface area contributed by atoms with Gasteiger partial charge in [0.1, 0.15) is 11.3 Å². The van der Waals surface area contributed by atoms with Gasteiger partial charge in [0, 0.05) is 37.8 Å². The number of phenols is 1. The SMILES string of the molecule is O=C1/C(=C/C2=NCc3ccccc32)Oc2c1ccc(O)c2C(=O)N1CCNCC1. The largest absolute Gasteiger partial charge is 0.507 e. The molecule has 0 saturated carbocycles. The zero-order chi connectivity index (χ0) is 20.0. The molecule has 0 aliphatic carbocycles. The summed E-state index contributed by atoms with van der Waals surface area (Å²) in [5.41, 5.74) is 3.05. The fourth-order valence-corrected chi connectivity index (χ4v) is 3.89. The van der Waals surface area contributed by atoms with E-state index >= 15 is 0 Å². The minimum Gasteiger partial charge on any atom is -0.507 e. The number of piperazine rings is 1. The predicted octanol–water partition coefficient (Wildman–Crippen LogP) is 1.90. The first-order valence-electron chi connectivity index (χ1n) is 9.56. The van der Waals surface area contributed by atoms with Gasteiger partial charge in [-0.2, -0.15) is 0 Å². The van der Waals surface area contributed by atoms with Crippen LogP contribution < -0.4 is 10.1 Å². The van der Waals surface area contributed by atoms with Gasteiger partial charge in [-0.25, -0.2) is 0 Å². The molecule has 3 aliphatic heterocycles. The fraction of sp³-hybridized carbons (Fsp3) is 0.227. The molecule has 3 aliphatic rings. The Bertz CT molecular complexity index is 1100. The van der Waals surface area contributed by atoms with Crippen LogP contribution in [0.4, 0.5) is 0 Å². The maximum Gasteiger partial charge on any atom is 0.261 e. The van der Waals surface area contributed by atoms with Crippen LogP contribution in [-0.2, 0) is 6.54 Å². The highest BCUT2D eigenvalue weighted by atomic mass is 16.5. The molecule has 0 bridgehead atoms. The molecule has 1 saturated heterocycles. The summed E-state index contributed by atoms with van der Waals surface area (Å²) in [6, 6.07) is 10.7. The lowest BCUT2D eigenvalue weighted by Crippen LogP contribution is -2.46. The Morgan fingerprint density at radius 2 is 1.93 bits per heavy atom. The molecule has 0 radical (unpaired) electrons. The van der Waals surface area contributed by atoms with Crippen molar-refractivity contribution in [1.82, 2.24) is 10.2 Å². The first kappa shape index (κ1) is 17.6. The molecule has 1 amide bonds. The van der Waals surface area contributed by atoms with E-state index in [9.17, 15) is 14.7 Å². The van der Waals surface area contributed by atoms with Crippen molar-refractivity contribution in [2.45, 2.75) is 6.54 Å². The summed E-state index contributed by atoms with van der Waals surface area (Å²) < 4.78 is 5.83. The van der Waals surface area contributed by atoms with E-state index in [1.54, 1.807) is 11.0 Å². The van der Waals surface area contributed by atoms with Crippen LogP contribution in [0, 0.1) is 0 Å². The van der Waals surface area contributed by atoms with Gasteiger partial charge in [-0.3, -0.25) is 14.6 Å². The van der Waals surface area contributed by atoms with Crippen molar-refractivity contribution < 1.29 is 19.4 Å². The molecule has 29 heavy (non-hydrogen) atoms. The van der Waals surface area contributed by atoms with E-state index in [1.807, 2.05) is 24.3 Å². The molecule has 1 fully saturated rings. The number of hydrogen-bond donors (Lipinski definition) is 2. The lowest BCUT2D eigenvalue weighted by atomic mass is 10.0. The molecule has 5 rings (SSSR count). The number of phenolic OH excluding ortho intramolecular Hbond substituents is 1. The number of Topliss-reactive ketones (excluding diaryl/α,β-unsaturated/α-hetero) is 1. The van der Waals surface area contributed by atoms with Crippen LogP contribution in [0.5, 0.6) is 11.5 Å². The van der Waals surface area contributed by atoms with E-state index in [4.69, 9.17) is 4.74 Å². The molecule has 0 spiro atoms. The standard InChI is InChI=1S/C22H19N3O4/c26-17-6-5-15-20(27)18(11-16-14-4-2-1-3-13(14)12-24-16)29-21(15)19(17)22(28)25-9-7-23-8-10-25/h1-6,11,23,26H,7-10,12H2/b18-11-. The van der Waals surface area contributed by atoms with Crippen LogP contribution in [0.15, 0.2) is 53.2 Å². The van der Waals surface area contributed by atoms with Crippen molar-refractivity contribution in [3.05, 3.63) is 70.5 Å². The number of hydrogen-bond acceptors (Lipinski definition) is 6. The highest BCUT2D eigenvalue weighted by Crippen LogP contribution is 2.40. The lowest BCUT2D eigenvalue weighted by molar-refractivity contribution is 0.0729. The molecular formula is C22H19N3O4. The third-order valence-corrected chi connectivity index (χ3v) is 5.42. The van der Waals surface area contributed by atoms with Crippen LogP contribution in [-0.4, -0.2) is 53.6 Å². The van der Waals surface area contributed by atoms with Crippen molar-refractivity contribution in [2.75, 3.05) is 26.2 Å². The van der Waals surface area contributed by atoms with Gasteiger partial charge in [0.2, 0.25) is 5.78 Å². The van der Waals surface area contributed by atoms with Crippen LogP contribution in [0.1, 0.15) is 31.8 Å². The Labute approximate surface area is 167 Å². The number of rotatable bonds is 2. The number of ether oxygens (including phenoxy) is 1. The summed E-state index contributed by atoms with van der Waals surface area (Å²) in [6.07, 6.45) is 1.62. The monoisotopic (exact) mass is 389 g/mol. The summed E-state index contributed by atoms with van der Waals surface area (Å²) >= 11 is 0. The number of allylic oxidation sites excluding steroid dienone is 2. The van der Waals surface area contributed by atoms with Gasteiger partial charge in [0.15, 0.2) is 11.5 Å². The van der Waals surface area contributed by atoms with Crippen molar-refractivity contribution in [2.24, 2.45) is 4.99 Å². The van der Waals surface area contributed by atoms with Crippen LogP contribution in [0.2, 0.25) is 0 Å². The molecule has 2 aromatic rings. The maximum absolute atomic E-state index is 13.0. The number of carbonyl (C=O) groups is 2. The number of ketones is 1. The molecule has 3 heterocycles. The molecule has 2 N–H and O–H groups in total. The first-order valence-corrected chi connectivity index (χ1v) is 9.56. The van der Waals surface area contributed by atoms with E-state index in [-0.39, 0.29) is 40.1 Å². The fourth-order valence-electron chi connectivity index (χ4n) is 3.89. The molecule has 146 valence electrons. The van der Waals surface area contributed by atoms with E-state index in [0.29, 0.717) is 38.4 Å². The van der Waals surface area contributed by atoms with Crippen molar-refractivity contribution in [3.8, 4) is 11.5 Å². The summed E-state index contributed by atoms with van der Waals surface area (Å²) in [5, 5.41) is 13.6. The Kier molecular flexibility index (Phi) is 4.17. The van der Waals surface area contributed by atoms with E-state index in [1.165, 1.54) is 12.1 Å². The zero-order valence-electron chi connectivity index (χ0n) is 15.6. The number of benzene rings is 2. The minimum atomic E-state index is -0.335. The molecule has 0 aromatic heterocycles. The van der Waals surface area contributed by atoms with Gasteiger partial charge in [-0.15, -0.1) is 0 Å². The third kappa shape index (κ3) is 2.91. The Morgan fingerprint density at radius 1 is 1.14 bits per heavy atom. The van der Waals surface area contributed by atoms with Gasteiger partial charge in [0.05, 0.1) is 17.8 Å². The highest BCUT2D eigenvalue weighted by molar-refractivity contribution is 6.20. The molecule has 2 aromatic carbocycles. The van der Waals surface area contributed by atoms with Crippen molar-refractivity contribution >= 4 is 17.4 Å². The van der Waals surface area contributed by atoms with Gasteiger partial charge in [0.25, 0.3) is 5.91 Å². The number of aliphatic imine (C=N–C) groups is 1. The number of nitrogens with zero attached hydrogens (tertiary/aromatic N) is 2. The van der Waals surface area contributed by atoms with Crippen molar-refractivity contribution in [3.63, 3.8) is 0 Å². The summed E-state index contributed by atoms with van der Waals surface area (Å²) in [4.78, 5) is 32.0. The summed E-state index contributed by atoms with van der Waals surface area (Å²) in [6.45, 7) is 3.00.